The first-order valence-corrected chi connectivity index (χ1v) is 21.4. The van der Waals surface area contributed by atoms with E-state index >= 15 is 4.39 Å². The predicted octanol–water partition coefficient (Wildman–Crippen LogP) is 5.27. The summed E-state index contributed by atoms with van der Waals surface area (Å²) >= 11 is 0. The molecule has 4 fully saturated rings. The second kappa shape index (κ2) is 17.3. The van der Waals surface area contributed by atoms with Crippen LogP contribution in [0.3, 0.4) is 0 Å². The lowest BCUT2D eigenvalue weighted by Gasteiger charge is -2.52. The molecule has 1 unspecified atom stereocenters. The first-order valence-electron chi connectivity index (χ1n) is 21.4. The van der Waals surface area contributed by atoms with Crippen molar-refractivity contribution in [3.8, 4) is 11.5 Å². The fourth-order valence-electron chi connectivity index (χ4n) is 9.53. The van der Waals surface area contributed by atoms with Crippen LogP contribution in [0.25, 0.3) is 0 Å². The minimum Gasteiger partial charge on any atom is -0.495 e. The molecule has 2 aromatic carbocycles. The summed E-state index contributed by atoms with van der Waals surface area (Å²) in [6, 6.07) is 9.42. The summed E-state index contributed by atoms with van der Waals surface area (Å²) in [7, 11) is 2.77. The van der Waals surface area contributed by atoms with E-state index in [2.05, 4.69) is 35.7 Å². The van der Waals surface area contributed by atoms with Crippen LogP contribution in [0, 0.1) is 17.2 Å². The average molecular weight is 862 g/mol. The monoisotopic (exact) mass is 861 g/mol. The molecule has 3 saturated heterocycles. The number of imide groups is 1. The van der Waals surface area contributed by atoms with Crippen LogP contribution >= 0.6 is 0 Å². The summed E-state index contributed by atoms with van der Waals surface area (Å²) in [6.45, 7) is 7.25. The second-order valence-corrected chi connectivity index (χ2v) is 17.7. The number of carbonyl (C=O) groups excluding carboxylic acids is 4. The molecule has 4 aliphatic heterocycles. The molecule has 18 heteroatoms. The van der Waals surface area contributed by atoms with Gasteiger partial charge in [-0.25, -0.2) is 9.37 Å². The van der Waals surface area contributed by atoms with Crippen molar-refractivity contribution in [3.63, 3.8) is 0 Å². The van der Waals surface area contributed by atoms with Crippen LogP contribution in [0.2, 0.25) is 0 Å². The standard InChI is InChI=1S/C44H54F3N9O6/c1-26(2)56-25-44(46,47)41(60)53(3)34-23-48-42(52-38(34)56)50-32-7-5-28(19-36(32)61-4)39(58)49-29-21-43(22-29)13-17-54(18-14-43)24-27-11-15-55(16-12-27)33-8-6-30(20-31(33)45)62-35-9-10-37(57)51-40(35)59/h5-8,19-20,23,26-27,29,35H,9-18,21-22,24-25H2,1-4H3,(H,49,58)(H,48,50,52)(H,51,57,59). The summed E-state index contributed by atoms with van der Waals surface area (Å²) in [5.74, 6) is -4.86. The molecular weight excluding hydrogens is 808 g/mol. The number of likely N-dealkylation sites (tertiary alicyclic amines) is 1. The molecule has 5 heterocycles. The Kier molecular flexibility index (Phi) is 12.0. The van der Waals surface area contributed by atoms with E-state index in [9.17, 15) is 28.0 Å². The molecule has 332 valence electrons. The number of hydrogen-bond acceptors (Lipinski definition) is 12. The maximum atomic E-state index is 15.2. The molecule has 4 amide bonds. The normalized spacial score (nSPS) is 21.9. The van der Waals surface area contributed by atoms with Gasteiger partial charge < -0.3 is 39.7 Å². The molecule has 1 aliphatic carbocycles. The van der Waals surface area contributed by atoms with Gasteiger partial charge in [0.1, 0.15) is 23.0 Å². The molecule has 3 aromatic rings. The molecular formula is C44H54F3N9O6. The van der Waals surface area contributed by atoms with Crippen LogP contribution in [0.4, 0.5) is 42.0 Å². The zero-order valence-electron chi connectivity index (χ0n) is 35.5. The summed E-state index contributed by atoms with van der Waals surface area (Å²) in [5, 5.41) is 8.54. The maximum Gasteiger partial charge on any atom is 0.342 e. The van der Waals surface area contributed by atoms with Gasteiger partial charge in [-0.05, 0) is 107 Å². The summed E-state index contributed by atoms with van der Waals surface area (Å²) in [4.78, 5) is 65.1. The third-order valence-electron chi connectivity index (χ3n) is 13.2. The van der Waals surface area contributed by atoms with Crippen molar-refractivity contribution >= 4 is 52.5 Å². The van der Waals surface area contributed by atoms with E-state index in [-0.39, 0.29) is 65.4 Å². The quantitative estimate of drug-likeness (QED) is 0.215. The van der Waals surface area contributed by atoms with Gasteiger partial charge in [0.15, 0.2) is 11.9 Å². The molecule has 3 N–H and O–H groups in total. The Bertz CT molecular complexity index is 2200. The van der Waals surface area contributed by atoms with E-state index in [0.717, 1.165) is 76.1 Å². The topological polar surface area (TPSA) is 162 Å². The number of halogens is 3. The largest absolute Gasteiger partial charge is 0.495 e. The number of hydrogen-bond donors (Lipinski definition) is 3. The Balaban J connectivity index is 0.783. The fourth-order valence-corrected chi connectivity index (χ4v) is 9.53. The van der Waals surface area contributed by atoms with Crippen molar-refractivity contribution < 1.29 is 41.8 Å². The third kappa shape index (κ3) is 8.97. The molecule has 1 atom stereocenters. The van der Waals surface area contributed by atoms with E-state index in [0.29, 0.717) is 28.6 Å². The highest BCUT2D eigenvalue weighted by atomic mass is 19.3. The first-order chi connectivity index (χ1) is 29.6. The van der Waals surface area contributed by atoms with Crippen LogP contribution in [0.5, 0.6) is 11.5 Å². The number of amides is 4. The number of nitrogens with zero attached hydrogens (tertiary/aromatic N) is 6. The van der Waals surface area contributed by atoms with Gasteiger partial charge in [-0.1, -0.05) is 0 Å². The number of carbonyl (C=O) groups is 4. The number of aromatic nitrogens is 2. The Morgan fingerprint density at radius 3 is 2.42 bits per heavy atom. The molecule has 1 aromatic heterocycles. The highest BCUT2D eigenvalue weighted by molar-refractivity contribution is 6.02. The Morgan fingerprint density at radius 1 is 1.00 bits per heavy atom. The van der Waals surface area contributed by atoms with E-state index in [4.69, 9.17) is 9.47 Å². The number of nitrogens with one attached hydrogen (secondary N) is 3. The van der Waals surface area contributed by atoms with Crippen LogP contribution < -0.4 is 40.1 Å². The van der Waals surface area contributed by atoms with E-state index in [1.807, 2.05) is 0 Å². The van der Waals surface area contributed by atoms with Crippen molar-refractivity contribution in [3.05, 3.63) is 54.0 Å². The van der Waals surface area contributed by atoms with Crippen LogP contribution in [-0.2, 0) is 14.4 Å². The number of fused-ring (bicyclic) bond motifs is 1. The molecule has 5 aliphatic rings. The maximum absolute atomic E-state index is 15.2. The Hall–Kier alpha value is -5.65. The van der Waals surface area contributed by atoms with Gasteiger partial charge in [-0.2, -0.15) is 13.8 Å². The number of benzene rings is 2. The van der Waals surface area contributed by atoms with Crippen molar-refractivity contribution in [1.29, 1.82) is 0 Å². The van der Waals surface area contributed by atoms with Gasteiger partial charge in [0, 0.05) is 63.2 Å². The SMILES string of the molecule is COc1cc(C(=O)NC2CC3(CCN(CC4CCN(c5ccc(OC6CCC(=O)NC6=O)cc5F)CC4)CC3)C2)ccc1Nc1ncc2c(n1)N(C(C)C)CC(F)(F)C(=O)N2C. The second-order valence-electron chi connectivity index (χ2n) is 17.7. The van der Waals surface area contributed by atoms with Gasteiger partial charge >= 0.3 is 5.92 Å². The van der Waals surface area contributed by atoms with Gasteiger partial charge in [-0.15, -0.1) is 0 Å². The number of anilines is 5. The van der Waals surface area contributed by atoms with Crippen molar-refractivity contribution in [2.45, 2.75) is 89.3 Å². The lowest BCUT2D eigenvalue weighted by atomic mass is 9.60. The molecule has 0 radical (unpaired) electrons. The predicted molar refractivity (Wildman–Crippen MR) is 226 cm³/mol. The lowest BCUT2D eigenvalue weighted by Crippen LogP contribution is -2.55. The Labute approximate surface area is 358 Å². The number of ether oxygens (including phenoxy) is 2. The molecule has 0 bridgehead atoms. The molecule has 62 heavy (non-hydrogen) atoms. The first kappa shape index (κ1) is 43.0. The van der Waals surface area contributed by atoms with Crippen LogP contribution in [0.1, 0.15) is 75.6 Å². The molecule has 15 nitrogen and oxygen atoms in total. The average Bonchev–Trinajstić information content (AvgIpc) is 3.30. The van der Waals surface area contributed by atoms with Gasteiger partial charge in [0.2, 0.25) is 11.9 Å². The molecule has 1 saturated carbocycles. The van der Waals surface area contributed by atoms with Crippen molar-refractivity contribution in [2.75, 3.05) is 73.4 Å². The highest BCUT2D eigenvalue weighted by Crippen LogP contribution is 2.49. The van der Waals surface area contributed by atoms with Gasteiger partial charge in [0.05, 0.1) is 31.2 Å². The number of alkyl halides is 2. The smallest absolute Gasteiger partial charge is 0.342 e. The molecule has 8 rings (SSSR count). The summed E-state index contributed by atoms with van der Waals surface area (Å²) in [6.07, 6.45) is 6.95. The van der Waals surface area contributed by atoms with E-state index in [1.165, 1.54) is 31.3 Å². The van der Waals surface area contributed by atoms with E-state index < -0.39 is 36.2 Å². The number of methoxy groups -OCH3 is 1. The number of piperidine rings is 3. The minimum atomic E-state index is -3.60. The van der Waals surface area contributed by atoms with Crippen LogP contribution in [-0.4, -0.2) is 116 Å². The zero-order chi connectivity index (χ0) is 43.9. The molecule has 1 spiro atoms. The zero-order valence-corrected chi connectivity index (χ0v) is 35.5. The van der Waals surface area contributed by atoms with Crippen LogP contribution in [0.15, 0.2) is 42.6 Å². The summed E-state index contributed by atoms with van der Waals surface area (Å²) in [5.41, 5.74) is 1.83. The Morgan fingerprint density at radius 2 is 1.74 bits per heavy atom. The van der Waals surface area contributed by atoms with Gasteiger partial charge in [0.25, 0.3) is 17.7 Å². The fraction of sp³-hybridized carbons (Fsp3) is 0.545. The highest BCUT2D eigenvalue weighted by Gasteiger charge is 2.48. The lowest BCUT2D eigenvalue weighted by molar-refractivity contribution is -0.140. The van der Waals surface area contributed by atoms with Crippen molar-refractivity contribution in [2.24, 2.45) is 11.3 Å². The third-order valence-corrected chi connectivity index (χ3v) is 13.2. The van der Waals surface area contributed by atoms with E-state index in [1.54, 1.807) is 44.2 Å². The van der Waals surface area contributed by atoms with Crippen molar-refractivity contribution in [1.82, 2.24) is 25.5 Å². The summed E-state index contributed by atoms with van der Waals surface area (Å²) < 4.78 is 56.0. The minimum absolute atomic E-state index is 0.0786. The van der Waals surface area contributed by atoms with Gasteiger partial charge in [-0.3, -0.25) is 24.5 Å². The number of rotatable bonds is 11.